The van der Waals surface area contributed by atoms with Crippen LogP contribution >= 0.6 is 0 Å². The average Bonchev–Trinajstić information content (AvgIpc) is 2.96. The molecular weight excluding hydrogens is 309 g/mol. The molecule has 2 rings (SSSR count). The maximum absolute atomic E-state index is 11.8. The molecule has 0 saturated carbocycles. The van der Waals surface area contributed by atoms with E-state index in [9.17, 15) is 9.18 Å². The Morgan fingerprint density at radius 2 is 2.00 bits per heavy atom. The molecule has 0 aromatic heterocycles. The molecule has 1 aromatic carbocycles. The molecule has 1 unspecified atom stereocenters. The van der Waals surface area contributed by atoms with Crippen LogP contribution in [0.1, 0.15) is 26.3 Å². The zero-order valence-electron chi connectivity index (χ0n) is 14.8. The van der Waals surface area contributed by atoms with Crippen molar-refractivity contribution in [3.8, 4) is 5.75 Å². The normalized spacial score (nSPS) is 17.0. The van der Waals surface area contributed by atoms with E-state index in [0.717, 1.165) is 16.9 Å². The third-order valence-electron chi connectivity index (χ3n) is 3.61. The second-order valence-corrected chi connectivity index (χ2v) is 5.72. The quantitative estimate of drug-likeness (QED) is 0.743. The molecule has 0 spiro atoms. The minimum Gasteiger partial charge on any atom is -0.497 e. The van der Waals surface area contributed by atoms with Gasteiger partial charge in [-0.15, -0.1) is 0 Å². The second kappa shape index (κ2) is 9.75. The number of nitrogens with zero attached hydrogens (tertiary/aromatic N) is 1. The van der Waals surface area contributed by atoms with E-state index < -0.39 is 0 Å². The van der Waals surface area contributed by atoms with E-state index in [-0.39, 0.29) is 18.9 Å². The molecule has 0 aliphatic carbocycles. The van der Waals surface area contributed by atoms with Gasteiger partial charge in [0.25, 0.3) is 0 Å². The molecule has 132 valence electrons. The molecule has 24 heavy (non-hydrogen) atoms. The average molecular weight is 335 g/mol. The minimum absolute atomic E-state index is 0.115. The number of amides is 1. The lowest BCUT2D eigenvalue weighted by Crippen LogP contribution is -2.24. The van der Waals surface area contributed by atoms with Crippen LogP contribution in [0.5, 0.6) is 5.75 Å². The molecule has 4 nitrogen and oxygen atoms in total. The molecule has 1 heterocycles. The van der Waals surface area contributed by atoms with Gasteiger partial charge in [-0.2, -0.15) is 0 Å². The third kappa shape index (κ3) is 6.07. The number of hydrogen-bond donors (Lipinski definition) is 0. The van der Waals surface area contributed by atoms with Crippen LogP contribution in [0.15, 0.2) is 48.1 Å². The molecule has 0 radical (unpaired) electrons. The molecule has 1 aliphatic rings. The van der Waals surface area contributed by atoms with Gasteiger partial charge >= 0.3 is 6.09 Å². The van der Waals surface area contributed by atoms with E-state index in [4.69, 9.17) is 9.47 Å². The van der Waals surface area contributed by atoms with Crippen LogP contribution < -0.4 is 4.74 Å². The van der Waals surface area contributed by atoms with E-state index >= 15 is 0 Å². The summed E-state index contributed by atoms with van der Waals surface area (Å²) in [5, 5.41) is 0. The zero-order chi connectivity index (χ0) is 18.1. The van der Waals surface area contributed by atoms with Crippen molar-refractivity contribution in [3.63, 3.8) is 0 Å². The first-order valence-corrected chi connectivity index (χ1v) is 7.82. The molecule has 1 amide bonds. The molecule has 5 heteroatoms. The van der Waals surface area contributed by atoms with Gasteiger partial charge in [0.05, 0.1) is 13.7 Å². The SMILES string of the molecule is C/C=C(\C)C1CN(Cc2ccc(OC)cc2)C(=O)O1.C=C(C)CF. The summed E-state index contributed by atoms with van der Waals surface area (Å²) in [6, 6.07) is 7.71. The van der Waals surface area contributed by atoms with Crippen LogP contribution in [0.4, 0.5) is 9.18 Å². The van der Waals surface area contributed by atoms with Gasteiger partial charge < -0.3 is 9.47 Å². The van der Waals surface area contributed by atoms with Gasteiger partial charge in [-0.25, -0.2) is 9.18 Å². The van der Waals surface area contributed by atoms with Gasteiger partial charge in [-0.05, 0) is 49.6 Å². The van der Waals surface area contributed by atoms with Gasteiger partial charge in [0.15, 0.2) is 0 Å². The summed E-state index contributed by atoms with van der Waals surface area (Å²) in [6.45, 7) is 9.68. The van der Waals surface area contributed by atoms with Crippen molar-refractivity contribution in [1.29, 1.82) is 0 Å². The molecule has 0 N–H and O–H groups in total. The first-order valence-electron chi connectivity index (χ1n) is 7.82. The Hall–Kier alpha value is -2.30. The van der Waals surface area contributed by atoms with Crippen molar-refractivity contribution in [2.24, 2.45) is 0 Å². The summed E-state index contributed by atoms with van der Waals surface area (Å²) in [5.74, 6) is 0.815. The summed E-state index contributed by atoms with van der Waals surface area (Å²) in [4.78, 5) is 13.5. The fraction of sp³-hybridized carbons (Fsp3) is 0.421. The number of allylic oxidation sites excluding steroid dienone is 2. The lowest BCUT2D eigenvalue weighted by molar-refractivity contribution is 0.142. The summed E-state index contributed by atoms with van der Waals surface area (Å²) in [6.07, 6.45) is 1.62. The van der Waals surface area contributed by atoms with Crippen LogP contribution in [0.25, 0.3) is 0 Å². The van der Waals surface area contributed by atoms with E-state index in [0.29, 0.717) is 18.7 Å². The second-order valence-electron chi connectivity index (χ2n) is 5.72. The number of rotatable bonds is 5. The monoisotopic (exact) mass is 335 g/mol. The number of benzene rings is 1. The van der Waals surface area contributed by atoms with Gasteiger partial charge in [0.2, 0.25) is 0 Å². The number of hydrogen-bond acceptors (Lipinski definition) is 3. The van der Waals surface area contributed by atoms with Gasteiger partial charge in [0.1, 0.15) is 18.5 Å². The van der Waals surface area contributed by atoms with Gasteiger partial charge in [-0.3, -0.25) is 4.90 Å². The Bertz CT molecular complexity index is 581. The predicted molar refractivity (Wildman–Crippen MR) is 93.9 cm³/mol. The summed E-state index contributed by atoms with van der Waals surface area (Å²) in [7, 11) is 1.64. The van der Waals surface area contributed by atoms with E-state index in [1.54, 1.807) is 18.9 Å². The number of carbonyl (C=O) groups is 1. The molecular formula is C19H26FNO3. The largest absolute Gasteiger partial charge is 0.497 e. The van der Waals surface area contributed by atoms with Crippen molar-refractivity contribution in [2.45, 2.75) is 33.4 Å². The lowest BCUT2D eigenvalue weighted by Gasteiger charge is -2.13. The van der Waals surface area contributed by atoms with Gasteiger partial charge in [0, 0.05) is 6.54 Å². The number of alkyl halides is 1. The number of ether oxygens (including phenoxy) is 2. The smallest absolute Gasteiger partial charge is 0.410 e. The molecule has 1 atom stereocenters. The third-order valence-corrected chi connectivity index (χ3v) is 3.61. The van der Waals surface area contributed by atoms with Crippen LogP contribution in [-0.4, -0.2) is 37.4 Å². The standard InChI is InChI=1S/C15H19NO3.C4H7F/c1-4-11(2)14-10-16(15(17)19-14)9-12-5-7-13(18-3)8-6-12;1-4(2)3-5/h4-8,14H,9-10H2,1-3H3;1,3H2,2H3/b11-4+;. The summed E-state index contributed by atoms with van der Waals surface area (Å²) in [5.41, 5.74) is 2.74. The zero-order valence-corrected chi connectivity index (χ0v) is 14.8. The fourth-order valence-corrected chi connectivity index (χ4v) is 2.01. The first kappa shape index (κ1) is 19.7. The van der Waals surface area contributed by atoms with E-state index in [2.05, 4.69) is 6.58 Å². The van der Waals surface area contributed by atoms with Crippen molar-refractivity contribution >= 4 is 6.09 Å². The Labute approximate surface area is 143 Å². The van der Waals surface area contributed by atoms with Crippen molar-refractivity contribution in [3.05, 3.63) is 53.6 Å². The minimum atomic E-state index is -0.389. The number of halogens is 1. The number of carbonyl (C=O) groups excluding carboxylic acids is 1. The Balaban J connectivity index is 0.000000505. The first-order chi connectivity index (χ1) is 11.4. The molecule has 1 saturated heterocycles. The van der Waals surface area contributed by atoms with Crippen LogP contribution in [-0.2, 0) is 11.3 Å². The van der Waals surface area contributed by atoms with Crippen LogP contribution in [0.3, 0.4) is 0 Å². The van der Waals surface area contributed by atoms with Crippen molar-refractivity contribution in [1.82, 2.24) is 4.90 Å². The fourth-order valence-electron chi connectivity index (χ4n) is 2.01. The van der Waals surface area contributed by atoms with Crippen molar-refractivity contribution < 1.29 is 18.7 Å². The molecule has 1 aromatic rings. The highest BCUT2D eigenvalue weighted by atomic mass is 19.1. The van der Waals surface area contributed by atoms with Crippen LogP contribution in [0, 0.1) is 0 Å². The topological polar surface area (TPSA) is 38.8 Å². The van der Waals surface area contributed by atoms with Crippen molar-refractivity contribution in [2.75, 3.05) is 20.3 Å². The predicted octanol–water partition coefficient (Wildman–Crippen LogP) is 4.51. The number of methoxy groups -OCH3 is 1. The lowest BCUT2D eigenvalue weighted by atomic mass is 10.1. The maximum Gasteiger partial charge on any atom is 0.410 e. The summed E-state index contributed by atoms with van der Waals surface area (Å²) < 4.78 is 21.5. The molecule has 1 aliphatic heterocycles. The Kier molecular flexibility index (Phi) is 8.02. The Morgan fingerprint density at radius 3 is 2.46 bits per heavy atom. The molecule has 0 bridgehead atoms. The summed E-state index contributed by atoms with van der Waals surface area (Å²) >= 11 is 0. The highest BCUT2D eigenvalue weighted by molar-refractivity contribution is 5.70. The van der Waals surface area contributed by atoms with Crippen LogP contribution in [0.2, 0.25) is 0 Å². The highest BCUT2D eigenvalue weighted by Gasteiger charge is 2.31. The number of cyclic esters (lactones) is 1. The highest BCUT2D eigenvalue weighted by Crippen LogP contribution is 2.21. The van der Waals surface area contributed by atoms with E-state index in [1.165, 1.54) is 0 Å². The van der Waals surface area contributed by atoms with E-state index in [1.807, 2.05) is 44.2 Å². The molecule has 1 fully saturated rings. The maximum atomic E-state index is 11.8. The Morgan fingerprint density at radius 1 is 1.42 bits per heavy atom. The van der Waals surface area contributed by atoms with Gasteiger partial charge in [-0.1, -0.05) is 24.8 Å².